The minimum Gasteiger partial charge on any atom is -0.491 e. The highest BCUT2D eigenvalue weighted by Crippen LogP contribution is 2.22. The summed E-state index contributed by atoms with van der Waals surface area (Å²) < 4.78 is 10.8. The molecule has 1 aromatic carbocycles. The molecule has 2 nitrogen and oxygen atoms in total. The molecule has 0 aromatic heterocycles. The standard InChI is InChI=1S/C10H12O2/c1-8-2-3-9-7-11-4-5-12-10(9)6-8/h2-3,6H,4-5,7H2,1H3. The zero-order chi connectivity index (χ0) is 8.39. The molecule has 0 amide bonds. The Kier molecular flexibility index (Phi) is 2.00. The Balaban J connectivity index is 2.36. The van der Waals surface area contributed by atoms with Gasteiger partial charge in [0.25, 0.3) is 0 Å². The Morgan fingerprint density at radius 2 is 2.17 bits per heavy atom. The van der Waals surface area contributed by atoms with Crippen molar-refractivity contribution < 1.29 is 9.47 Å². The zero-order valence-corrected chi connectivity index (χ0v) is 7.17. The number of rotatable bonds is 0. The van der Waals surface area contributed by atoms with E-state index in [1.165, 1.54) is 5.56 Å². The summed E-state index contributed by atoms with van der Waals surface area (Å²) in [7, 11) is 0. The molecule has 2 heteroatoms. The number of ether oxygens (including phenoxy) is 2. The van der Waals surface area contributed by atoms with Crippen LogP contribution < -0.4 is 4.74 Å². The summed E-state index contributed by atoms with van der Waals surface area (Å²) in [6, 6.07) is 6.21. The topological polar surface area (TPSA) is 18.5 Å². The van der Waals surface area contributed by atoms with Crippen LogP contribution in [-0.2, 0) is 11.3 Å². The molecule has 0 saturated heterocycles. The fraction of sp³-hybridized carbons (Fsp3) is 0.400. The van der Waals surface area contributed by atoms with Crippen molar-refractivity contribution in [2.45, 2.75) is 13.5 Å². The Labute approximate surface area is 72.1 Å². The van der Waals surface area contributed by atoms with Crippen LogP contribution in [0.1, 0.15) is 11.1 Å². The first-order valence-corrected chi connectivity index (χ1v) is 4.16. The number of fused-ring (bicyclic) bond motifs is 1. The second kappa shape index (κ2) is 3.15. The predicted octanol–water partition coefficient (Wildman–Crippen LogP) is 1.90. The van der Waals surface area contributed by atoms with Crippen molar-refractivity contribution in [2.24, 2.45) is 0 Å². The van der Waals surface area contributed by atoms with Crippen LogP contribution in [0.4, 0.5) is 0 Å². The van der Waals surface area contributed by atoms with Crippen molar-refractivity contribution in [3.63, 3.8) is 0 Å². The molecule has 0 N–H and O–H groups in total. The molecule has 0 radical (unpaired) electrons. The van der Waals surface area contributed by atoms with Gasteiger partial charge in [-0.25, -0.2) is 0 Å². The smallest absolute Gasteiger partial charge is 0.125 e. The van der Waals surface area contributed by atoms with Crippen LogP contribution in [0, 0.1) is 6.92 Å². The van der Waals surface area contributed by atoms with Crippen molar-refractivity contribution in [3.05, 3.63) is 29.3 Å². The van der Waals surface area contributed by atoms with Crippen LogP contribution in [0.5, 0.6) is 5.75 Å². The number of hydrogen-bond donors (Lipinski definition) is 0. The van der Waals surface area contributed by atoms with Gasteiger partial charge in [-0.1, -0.05) is 12.1 Å². The van der Waals surface area contributed by atoms with Gasteiger partial charge in [-0.2, -0.15) is 0 Å². The Bertz CT molecular complexity index is 281. The minimum atomic E-state index is 0.663. The fourth-order valence-corrected chi connectivity index (χ4v) is 1.31. The van der Waals surface area contributed by atoms with E-state index in [2.05, 4.69) is 25.1 Å². The molecule has 2 rings (SSSR count). The highest BCUT2D eigenvalue weighted by molar-refractivity contribution is 5.36. The molecule has 1 aliphatic rings. The second-order valence-electron chi connectivity index (χ2n) is 3.01. The number of aryl methyl sites for hydroxylation is 1. The van der Waals surface area contributed by atoms with Gasteiger partial charge in [-0.3, -0.25) is 0 Å². The first-order valence-electron chi connectivity index (χ1n) is 4.16. The Hall–Kier alpha value is -1.02. The van der Waals surface area contributed by atoms with Gasteiger partial charge in [0.05, 0.1) is 13.2 Å². The summed E-state index contributed by atoms with van der Waals surface area (Å²) in [4.78, 5) is 0. The maximum atomic E-state index is 5.50. The highest BCUT2D eigenvalue weighted by Gasteiger charge is 2.07. The van der Waals surface area contributed by atoms with E-state index in [0.29, 0.717) is 19.8 Å². The molecular formula is C10H12O2. The minimum absolute atomic E-state index is 0.663. The van der Waals surface area contributed by atoms with Crippen LogP contribution in [-0.4, -0.2) is 13.2 Å². The third-order valence-electron chi connectivity index (χ3n) is 1.97. The summed E-state index contributed by atoms with van der Waals surface area (Å²) in [5.74, 6) is 0.979. The molecule has 64 valence electrons. The van der Waals surface area contributed by atoms with Crippen LogP contribution in [0.2, 0.25) is 0 Å². The number of hydrogen-bond acceptors (Lipinski definition) is 2. The van der Waals surface area contributed by atoms with E-state index in [1.807, 2.05) is 0 Å². The second-order valence-corrected chi connectivity index (χ2v) is 3.01. The Morgan fingerprint density at radius 3 is 3.08 bits per heavy atom. The third-order valence-corrected chi connectivity index (χ3v) is 1.97. The molecule has 1 aliphatic heterocycles. The molecule has 0 saturated carbocycles. The average Bonchev–Trinajstić information content (AvgIpc) is 2.28. The lowest BCUT2D eigenvalue weighted by atomic mass is 10.1. The lowest BCUT2D eigenvalue weighted by Crippen LogP contribution is -2.01. The van der Waals surface area contributed by atoms with Crippen LogP contribution in [0.15, 0.2) is 18.2 Å². The SMILES string of the molecule is Cc1ccc2c(c1)OCCOC2. The lowest BCUT2D eigenvalue weighted by Gasteiger charge is -2.05. The summed E-state index contributed by atoms with van der Waals surface area (Å²) in [6.07, 6.45) is 0. The summed E-state index contributed by atoms with van der Waals surface area (Å²) in [5, 5.41) is 0. The molecule has 0 atom stereocenters. The molecule has 1 heterocycles. The normalized spacial score (nSPS) is 16.1. The first-order chi connectivity index (χ1) is 5.86. The first kappa shape index (κ1) is 7.62. The predicted molar refractivity (Wildman–Crippen MR) is 46.3 cm³/mol. The molecule has 12 heavy (non-hydrogen) atoms. The highest BCUT2D eigenvalue weighted by atomic mass is 16.5. The molecular weight excluding hydrogens is 152 g/mol. The van der Waals surface area contributed by atoms with E-state index in [0.717, 1.165) is 11.3 Å². The van der Waals surface area contributed by atoms with Gasteiger partial charge in [-0.05, 0) is 18.6 Å². The monoisotopic (exact) mass is 164 g/mol. The fourth-order valence-electron chi connectivity index (χ4n) is 1.31. The zero-order valence-electron chi connectivity index (χ0n) is 7.17. The van der Waals surface area contributed by atoms with Gasteiger partial charge in [0, 0.05) is 5.56 Å². The van der Waals surface area contributed by atoms with Gasteiger partial charge < -0.3 is 9.47 Å². The molecule has 0 fully saturated rings. The van der Waals surface area contributed by atoms with Crippen molar-refractivity contribution in [1.82, 2.24) is 0 Å². The molecule has 1 aromatic rings. The largest absolute Gasteiger partial charge is 0.491 e. The van der Waals surface area contributed by atoms with Crippen molar-refractivity contribution in [2.75, 3.05) is 13.2 Å². The van der Waals surface area contributed by atoms with Crippen LogP contribution in [0.3, 0.4) is 0 Å². The van der Waals surface area contributed by atoms with Crippen molar-refractivity contribution >= 4 is 0 Å². The van der Waals surface area contributed by atoms with Gasteiger partial charge in [0.15, 0.2) is 0 Å². The van der Waals surface area contributed by atoms with E-state index >= 15 is 0 Å². The van der Waals surface area contributed by atoms with Gasteiger partial charge in [0.1, 0.15) is 12.4 Å². The maximum Gasteiger partial charge on any atom is 0.125 e. The third kappa shape index (κ3) is 1.43. The van der Waals surface area contributed by atoms with Crippen molar-refractivity contribution in [3.8, 4) is 5.75 Å². The van der Waals surface area contributed by atoms with E-state index in [1.54, 1.807) is 0 Å². The van der Waals surface area contributed by atoms with Crippen LogP contribution >= 0.6 is 0 Å². The van der Waals surface area contributed by atoms with E-state index < -0.39 is 0 Å². The van der Waals surface area contributed by atoms with Crippen LogP contribution in [0.25, 0.3) is 0 Å². The molecule has 0 aliphatic carbocycles. The van der Waals surface area contributed by atoms with Gasteiger partial charge >= 0.3 is 0 Å². The van der Waals surface area contributed by atoms with E-state index in [9.17, 15) is 0 Å². The summed E-state index contributed by atoms with van der Waals surface area (Å²) in [5.41, 5.74) is 2.38. The number of benzene rings is 1. The Morgan fingerprint density at radius 1 is 1.25 bits per heavy atom. The quantitative estimate of drug-likeness (QED) is 0.583. The van der Waals surface area contributed by atoms with Gasteiger partial charge in [-0.15, -0.1) is 0 Å². The molecule has 0 spiro atoms. The van der Waals surface area contributed by atoms with Crippen molar-refractivity contribution in [1.29, 1.82) is 0 Å². The van der Waals surface area contributed by atoms with Gasteiger partial charge in [0.2, 0.25) is 0 Å². The lowest BCUT2D eigenvalue weighted by molar-refractivity contribution is 0.107. The summed E-state index contributed by atoms with van der Waals surface area (Å²) >= 11 is 0. The van der Waals surface area contributed by atoms with E-state index in [-0.39, 0.29) is 0 Å². The molecule has 0 bridgehead atoms. The van der Waals surface area contributed by atoms with E-state index in [4.69, 9.17) is 9.47 Å². The average molecular weight is 164 g/mol. The maximum absolute atomic E-state index is 5.50. The summed E-state index contributed by atoms with van der Waals surface area (Å²) in [6.45, 7) is 4.09. The molecule has 0 unspecified atom stereocenters.